The first-order valence-corrected chi connectivity index (χ1v) is 5.78. The molecule has 1 aliphatic rings. The molecular weight excluding hydrogens is 176 g/mol. The highest BCUT2D eigenvalue weighted by atomic mass is 16.3. The first-order valence-electron chi connectivity index (χ1n) is 5.78. The Kier molecular flexibility index (Phi) is 4.85. The molecule has 2 N–H and O–H groups in total. The predicted molar refractivity (Wildman–Crippen MR) is 59.5 cm³/mol. The maximum atomic E-state index is 10.0. The summed E-state index contributed by atoms with van der Waals surface area (Å²) >= 11 is 0. The molecule has 1 aliphatic carbocycles. The molecule has 0 atom stereocenters. The van der Waals surface area contributed by atoms with Crippen molar-refractivity contribution in [3.63, 3.8) is 0 Å². The van der Waals surface area contributed by atoms with Gasteiger partial charge in [-0.25, -0.2) is 0 Å². The van der Waals surface area contributed by atoms with Gasteiger partial charge in [0.25, 0.3) is 0 Å². The molecule has 0 spiro atoms. The van der Waals surface area contributed by atoms with E-state index in [1.807, 2.05) is 0 Å². The van der Waals surface area contributed by atoms with Crippen molar-refractivity contribution in [3.05, 3.63) is 0 Å². The van der Waals surface area contributed by atoms with E-state index in [0.29, 0.717) is 0 Å². The van der Waals surface area contributed by atoms with Crippen molar-refractivity contribution in [3.8, 4) is 0 Å². The fourth-order valence-corrected chi connectivity index (χ4v) is 1.96. The predicted octanol–water partition coefficient (Wildman–Crippen LogP) is 0.833. The molecule has 0 unspecified atom stereocenters. The van der Waals surface area contributed by atoms with Crippen LogP contribution in [0, 0.1) is 0 Å². The number of likely N-dealkylation sites (N-methyl/N-ethyl adjacent to an activating group) is 1. The van der Waals surface area contributed by atoms with Gasteiger partial charge in [0, 0.05) is 19.6 Å². The zero-order valence-corrected chi connectivity index (χ0v) is 9.55. The average molecular weight is 200 g/mol. The summed E-state index contributed by atoms with van der Waals surface area (Å²) in [6, 6.07) is 0. The molecular formula is C11H24N2O. The van der Waals surface area contributed by atoms with Crippen LogP contribution in [0.3, 0.4) is 0 Å². The van der Waals surface area contributed by atoms with E-state index in [1.54, 1.807) is 0 Å². The van der Waals surface area contributed by atoms with Gasteiger partial charge in [-0.3, -0.25) is 0 Å². The molecule has 0 bridgehead atoms. The number of hydrogen-bond acceptors (Lipinski definition) is 3. The molecule has 84 valence electrons. The third-order valence-electron chi connectivity index (χ3n) is 3.20. The van der Waals surface area contributed by atoms with Crippen LogP contribution in [0.25, 0.3) is 0 Å². The Hall–Kier alpha value is -0.120. The normalized spacial score (nSPS) is 20.6. The van der Waals surface area contributed by atoms with E-state index in [9.17, 15) is 5.11 Å². The van der Waals surface area contributed by atoms with Crippen molar-refractivity contribution in [2.75, 3.05) is 33.2 Å². The van der Waals surface area contributed by atoms with Gasteiger partial charge in [0.15, 0.2) is 0 Å². The summed E-state index contributed by atoms with van der Waals surface area (Å²) in [6.45, 7) is 6.06. The lowest BCUT2D eigenvalue weighted by Gasteiger charge is -2.23. The van der Waals surface area contributed by atoms with Crippen LogP contribution in [0.5, 0.6) is 0 Å². The van der Waals surface area contributed by atoms with E-state index in [2.05, 4.69) is 24.2 Å². The topological polar surface area (TPSA) is 35.5 Å². The Balaban J connectivity index is 2.03. The van der Waals surface area contributed by atoms with Crippen LogP contribution in [-0.2, 0) is 0 Å². The lowest BCUT2D eigenvalue weighted by molar-refractivity contribution is 0.0475. The number of rotatable bonds is 6. The van der Waals surface area contributed by atoms with Crippen LogP contribution < -0.4 is 5.32 Å². The van der Waals surface area contributed by atoms with Gasteiger partial charge < -0.3 is 15.3 Å². The largest absolute Gasteiger partial charge is 0.389 e. The summed E-state index contributed by atoms with van der Waals surface area (Å²) in [4.78, 5) is 2.27. The van der Waals surface area contributed by atoms with E-state index in [1.165, 1.54) is 12.8 Å². The number of nitrogens with zero attached hydrogens (tertiary/aromatic N) is 1. The maximum Gasteiger partial charge on any atom is 0.0771 e. The Morgan fingerprint density at radius 3 is 2.57 bits per heavy atom. The standard InChI is InChI=1S/C11H24N2O/c1-3-13(2)9-8-12-10-11(14)6-4-5-7-11/h12,14H,3-10H2,1-2H3. The molecule has 0 aromatic carbocycles. The summed E-state index contributed by atoms with van der Waals surface area (Å²) in [7, 11) is 2.12. The highest BCUT2D eigenvalue weighted by Crippen LogP contribution is 2.28. The van der Waals surface area contributed by atoms with Gasteiger partial charge in [0.2, 0.25) is 0 Å². The molecule has 14 heavy (non-hydrogen) atoms. The molecule has 1 saturated carbocycles. The van der Waals surface area contributed by atoms with E-state index < -0.39 is 5.60 Å². The van der Waals surface area contributed by atoms with Crippen LogP contribution >= 0.6 is 0 Å². The van der Waals surface area contributed by atoms with Gasteiger partial charge in [0.1, 0.15) is 0 Å². The van der Waals surface area contributed by atoms with Crippen molar-refractivity contribution in [1.29, 1.82) is 0 Å². The smallest absolute Gasteiger partial charge is 0.0771 e. The van der Waals surface area contributed by atoms with Gasteiger partial charge in [-0.2, -0.15) is 0 Å². The summed E-state index contributed by atoms with van der Waals surface area (Å²) in [5, 5.41) is 13.4. The molecule has 0 aromatic rings. The highest BCUT2D eigenvalue weighted by Gasteiger charge is 2.30. The zero-order valence-electron chi connectivity index (χ0n) is 9.55. The molecule has 0 radical (unpaired) electrons. The van der Waals surface area contributed by atoms with Crippen LogP contribution in [0.4, 0.5) is 0 Å². The second-order valence-electron chi connectivity index (χ2n) is 4.50. The van der Waals surface area contributed by atoms with Gasteiger partial charge in [-0.15, -0.1) is 0 Å². The van der Waals surface area contributed by atoms with Crippen LogP contribution in [-0.4, -0.2) is 48.8 Å². The van der Waals surface area contributed by atoms with Crippen molar-refractivity contribution in [2.45, 2.75) is 38.2 Å². The quantitative estimate of drug-likeness (QED) is 0.624. The Bertz CT molecular complexity index is 155. The molecule has 1 rings (SSSR count). The summed E-state index contributed by atoms with van der Waals surface area (Å²) < 4.78 is 0. The third kappa shape index (κ3) is 3.95. The zero-order chi connectivity index (χ0) is 10.4. The first kappa shape index (κ1) is 12.0. The number of hydrogen-bond donors (Lipinski definition) is 2. The molecule has 0 heterocycles. The Morgan fingerprint density at radius 1 is 1.36 bits per heavy atom. The van der Waals surface area contributed by atoms with Gasteiger partial charge in [0.05, 0.1) is 5.60 Å². The van der Waals surface area contributed by atoms with Crippen LogP contribution in [0.1, 0.15) is 32.6 Å². The van der Waals surface area contributed by atoms with E-state index in [0.717, 1.165) is 39.0 Å². The minimum absolute atomic E-state index is 0.398. The lowest BCUT2D eigenvalue weighted by Crippen LogP contribution is -2.40. The van der Waals surface area contributed by atoms with Crippen molar-refractivity contribution >= 4 is 0 Å². The van der Waals surface area contributed by atoms with Crippen molar-refractivity contribution < 1.29 is 5.11 Å². The van der Waals surface area contributed by atoms with Crippen LogP contribution in [0.2, 0.25) is 0 Å². The summed E-state index contributed by atoms with van der Waals surface area (Å²) in [5.41, 5.74) is -0.398. The summed E-state index contributed by atoms with van der Waals surface area (Å²) in [5.74, 6) is 0. The molecule has 0 amide bonds. The van der Waals surface area contributed by atoms with E-state index in [4.69, 9.17) is 0 Å². The Morgan fingerprint density at radius 2 is 2.00 bits per heavy atom. The maximum absolute atomic E-state index is 10.0. The molecule has 3 nitrogen and oxygen atoms in total. The van der Waals surface area contributed by atoms with Gasteiger partial charge in [-0.1, -0.05) is 19.8 Å². The van der Waals surface area contributed by atoms with E-state index >= 15 is 0 Å². The average Bonchev–Trinajstić information content (AvgIpc) is 2.60. The Labute approximate surface area is 87.5 Å². The van der Waals surface area contributed by atoms with E-state index in [-0.39, 0.29) is 0 Å². The second-order valence-corrected chi connectivity index (χ2v) is 4.50. The summed E-state index contributed by atoms with van der Waals surface area (Å²) in [6.07, 6.45) is 4.33. The van der Waals surface area contributed by atoms with Crippen molar-refractivity contribution in [2.24, 2.45) is 0 Å². The number of nitrogens with one attached hydrogen (secondary N) is 1. The first-order chi connectivity index (χ1) is 6.66. The fourth-order valence-electron chi connectivity index (χ4n) is 1.96. The SMILES string of the molecule is CCN(C)CCNCC1(O)CCCC1. The molecule has 0 saturated heterocycles. The highest BCUT2D eigenvalue weighted by molar-refractivity contribution is 4.86. The lowest BCUT2D eigenvalue weighted by atomic mass is 10.0. The van der Waals surface area contributed by atoms with Crippen molar-refractivity contribution in [1.82, 2.24) is 10.2 Å². The molecule has 0 aromatic heterocycles. The minimum Gasteiger partial charge on any atom is -0.389 e. The second kappa shape index (κ2) is 5.69. The molecule has 0 aliphatic heterocycles. The minimum atomic E-state index is -0.398. The molecule has 3 heteroatoms. The third-order valence-corrected chi connectivity index (χ3v) is 3.20. The monoisotopic (exact) mass is 200 g/mol. The van der Waals surface area contributed by atoms with Gasteiger partial charge in [-0.05, 0) is 26.4 Å². The van der Waals surface area contributed by atoms with Crippen LogP contribution in [0.15, 0.2) is 0 Å². The molecule has 1 fully saturated rings. The number of aliphatic hydroxyl groups is 1. The van der Waals surface area contributed by atoms with Gasteiger partial charge >= 0.3 is 0 Å². The fraction of sp³-hybridized carbons (Fsp3) is 1.00.